The van der Waals surface area contributed by atoms with E-state index in [1.807, 2.05) is 24.3 Å². The summed E-state index contributed by atoms with van der Waals surface area (Å²) < 4.78 is 10.8. The monoisotopic (exact) mass is 284 g/mol. The zero-order valence-corrected chi connectivity index (χ0v) is 12.2. The number of likely N-dealkylation sites (tertiary alicyclic amines) is 1. The Kier molecular flexibility index (Phi) is 5.45. The lowest BCUT2D eigenvalue weighted by molar-refractivity contribution is -0.00461. The number of hydrogen-bond donors (Lipinski definition) is 1. The number of anilines is 1. The topological polar surface area (TPSA) is 33.7 Å². The summed E-state index contributed by atoms with van der Waals surface area (Å²) in [5.41, 5.74) is 1.09. The fourth-order valence-corrected chi connectivity index (χ4v) is 2.51. The van der Waals surface area contributed by atoms with Crippen LogP contribution < -0.4 is 5.32 Å². The van der Waals surface area contributed by atoms with Crippen LogP contribution >= 0.6 is 11.6 Å². The lowest BCUT2D eigenvalue weighted by Crippen LogP contribution is -2.28. The average Bonchev–Trinajstić information content (AvgIpc) is 2.83. The molecule has 1 saturated heterocycles. The Bertz CT molecular complexity index is 374. The van der Waals surface area contributed by atoms with Crippen molar-refractivity contribution in [3.05, 3.63) is 29.3 Å². The molecule has 4 nitrogen and oxygen atoms in total. The van der Waals surface area contributed by atoms with Gasteiger partial charge in [-0.1, -0.05) is 11.6 Å². The molecule has 1 aromatic carbocycles. The van der Waals surface area contributed by atoms with E-state index in [4.69, 9.17) is 21.1 Å². The number of halogens is 1. The molecule has 2 rings (SSSR count). The van der Waals surface area contributed by atoms with Gasteiger partial charge in [0, 0.05) is 51.1 Å². The highest BCUT2D eigenvalue weighted by Crippen LogP contribution is 2.16. The van der Waals surface area contributed by atoms with Crippen molar-refractivity contribution >= 4 is 17.3 Å². The molecular formula is C14H21ClN2O2. The summed E-state index contributed by atoms with van der Waals surface area (Å²) in [7, 11) is 3.48. The molecule has 1 aliphatic heterocycles. The molecule has 0 amide bonds. The SMILES string of the molecule is COC1CN(CCNc2ccc(Cl)cc2)CC1OC. The first-order valence-electron chi connectivity index (χ1n) is 6.50. The molecule has 0 aliphatic carbocycles. The molecule has 1 fully saturated rings. The van der Waals surface area contributed by atoms with Crippen LogP contribution in [0.5, 0.6) is 0 Å². The van der Waals surface area contributed by atoms with Crippen LogP contribution in [0.4, 0.5) is 5.69 Å². The van der Waals surface area contributed by atoms with Gasteiger partial charge in [0.1, 0.15) is 0 Å². The number of methoxy groups -OCH3 is 2. The molecule has 1 N–H and O–H groups in total. The molecule has 5 heteroatoms. The minimum absolute atomic E-state index is 0.181. The molecular weight excluding hydrogens is 264 g/mol. The molecule has 0 bridgehead atoms. The van der Waals surface area contributed by atoms with Gasteiger partial charge in [0.25, 0.3) is 0 Å². The van der Waals surface area contributed by atoms with Crippen molar-refractivity contribution < 1.29 is 9.47 Å². The van der Waals surface area contributed by atoms with Crippen LogP contribution in [-0.4, -0.2) is 57.5 Å². The number of rotatable bonds is 6. The maximum atomic E-state index is 5.85. The van der Waals surface area contributed by atoms with E-state index in [-0.39, 0.29) is 12.2 Å². The van der Waals surface area contributed by atoms with Crippen LogP contribution in [0.2, 0.25) is 5.02 Å². The molecule has 0 saturated carbocycles. The van der Waals surface area contributed by atoms with Crippen molar-refractivity contribution in [2.24, 2.45) is 0 Å². The van der Waals surface area contributed by atoms with Gasteiger partial charge in [-0.15, -0.1) is 0 Å². The second-order valence-corrected chi connectivity index (χ2v) is 5.18. The minimum atomic E-state index is 0.181. The third-order valence-corrected chi connectivity index (χ3v) is 3.75. The maximum Gasteiger partial charge on any atom is 0.0971 e. The molecule has 0 spiro atoms. The number of ether oxygens (including phenoxy) is 2. The second-order valence-electron chi connectivity index (χ2n) is 4.74. The predicted molar refractivity (Wildman–Crippen MR) is 78.0 cm³/mol. The fourth-order valence-electron chi connectivity index (χ4n) is 2.38. The Labute approximate surface area is 119 Å². The van der Waals surface area contributed by atoms with E-state index < -0.39 is 0 Å². The molecule has 0 aromatic heterocycles. The maximum absolute atomic E-state index is 5.85. The van der Waals surface area contributed by atoms with Crippen molar-refractivity contribution in [1.82, 2.24) is 4.90 Å². The number of hydrogen-bond acceptors (Lipinski definition) is 4. The number of nitrogens with one attached hydrogen (secondary N) is 1. The molecule has 1 aliphatic rings. The van der Waals surface area contributed by atoms with E-state index in [1.165, 1.54) is 0 Å². The summed E-state index contributed by atoms with van der Waals surface area (Å²) in [5, 5.41) is 4.14. The van der Waals surface area contributed by atoms with Gasteiger partial charge in [-0.25, -0.2) is 0 Å². The van der Waals surface area contributed by atoms with Crippen LogP contribution in [0.15, 0.2) is 24.3 Å². The molecule has 1 aromatic rings. The van der Waals surface area contributed by atoms with E-state index in [0.29, 0.717) is 0 Å². The Balaban J connectivity index is 1.73. The van der Waals surface area contributed by atoms with Crippen LogP contribution in [0.3, 0.4) is 0 Å². The second kappa shape index (κ2) is 7.10. The van der Waals surface area contributed by atoms with Gasteiger partial charge in [0.15, 0.2) is 0 Å². The average molecular weight is 285 g/mol. The molecule has 1 heterocycles. The van der Waals surface area contributed by atoms with E-state index in [1.54, 1.807) is 14.2 Å². The summed E-state index contributed by atoms with van der Waals surface area (Å²) in [6.07, 6.45) is 0.362. The van der Waals surface area contributed by atoms with Gasteiger partial charge in [-0.05, 0) is 24.3 Å². The van der Waals surface area contributed by atoms with Gasteiger partial charge in [-0.3, -0.25) is 4.90 Å². The molecule has 19 heavy (non-hydrogen) atoms. The van der Waals surface area contributed by atoms with Crippen LogP contribution in [-0.2, 0) is 9.47 Å². The standard InChI is InChI=1S/C14H21ClN2O2/c1-18-13-9-17(10-14(13)19-2)8-7-16-12-5-3-11(15)4-6-12/h3-6,13-14,16H,7-10H2,1-2H3. The summed E-state index contributed by atoms with van der Waals surface area (Å²) in [4.78, 5) is 2.35. The smallest absolute Gasteiger partial charge is 0.0971 e. The van der Waals surface area contributed by atoms with Gasteiger partial charge >= 0.3 is 0 Å². The van der Waals surface area contributed by atoms with E-state index in [9.17, 15) is 0 Å². The van der Waals surface area contributed by atoms with Crippen molar-refractivity contribution in [2.45, 2.75) is 12.2 Å². The molecule has 2 atom stereocenters. The lowest BCUT2D eigenvalue weighted by atomic mass is 10.3. The van der Waals surface area contributed by atoms with Crippen LogP contribution in [0.1, 0.15) is 0 Å². The zero-order valence-electron chi connectivity index (χ0n) is 11.4. The van der Waals surface area contributed by atoms with Crippen molar-refractivity contribution in [3.63, 3.8) is 0 Å². The lowest BCUT2D eigenvalue weighted by Gasteiger charge is -2.16. The Hall–Kier alpha value is -0.810. The highest BCUT2D eigenvalue weighted by Gasteiger charge is 2.32. The third-order valence-electron chi connectivity index (χ3n) is 3.50. The number of benzene rings is 1. The van der Waals surface area contributed by atoms with Crippen molar-refractivity contribution in [1.29, 1.82) is 0 Å². The first-order chi connectivity index (χ1) is 9.22. The van der Waals surface area contributed by atoms with Crippen LogP contribution in [0.25, 0.3) is 0 Å². The Morgan fingerprint density at radius 2 is 1.74 bits per heavy atom. The molecule has 106 valence electrons. The first kappa shape index (κ1) is 14.6. The fraction of sp³-hybridized carbons (Fsp3) is 0.571. The van der Waals surface area contributed by atoms with Gasteiger partial charge in [0.2, 0.25) is 0 Å². The van der Waals surface area contributed by atoms with Crippen LogP contribution in [0, 0.1) is 0 Å². The summed E-state index contributed by atoms with van der Waals surface area (Å²) in [5.74, 6) is 0. The Morgan fingerprint density at radius 1 is 1.16 bits per heavy atom. The van der Waals surface area contributed by atoms with E-state index >= 15 is 0 Å². The summed E-state index contributed by atoms with van der Waals surface area (Å²) in [6, 6.07) is 7.76. The molecule has 0 radical (unpaired) electrons. The quantitative estimate of drug-likeness (QED) is 0.867. The highest BCUT2D eigenvalue weighted by atomic mass is 35.5. The third kappa shape index (κ3) is 4.08. The summed E-state index contributed by atoms with van der Waals surface area (Å²) >= 11 is 5.85. The van der Waals surface area contributed by atoms with Gasteiger partial charge in [-0.2, -0.15) is 0 Å². The van der Waals surface area contributed by atoms with Crippen molar-refractivity contribution in [3.8, 4) is 0 Å². The van der Waals surface area contributed by atoms with E-state index in [0.717, 1.165) is 36.9 Å². The van der Waals surface area contributed by atoms with Gasteiger partial charge < -0.3 is 14.8 Å². The first-order valence-corrected chi connectivity index (χ1v) is 6.88. The summed E-state index contributed by atoms with van der Waals surface area (Å²) in [6.45, 7) is 3.73. The predicted octanol–water partition coefficient (Wildman–Crippen LogP) is 2.10. The largest absolute Gasteiger partial charge is 0.384 e. The number of nitrogens with zero attached hydrogens (tertiary/aromatic N) is 1. The zero-order chi connectivity index (χ0) is 13.7. The van der Waals surface area contributed by atoms with Crippen molar-refractivity contribution in [2.75, 3.05) is 45.7 Å². The van der Waals surface area contributed by atoms with Gasteiger partial charge in [0.05, 0.1) is 12.2 Å². The minimum Gasteiger partial charge on any atom is -0.384 e. The normalized spacial score (nSPS) is 23.7. The van der Waals surface area contributed by atoms with E-state index in [2.05, 4.69) is 10.2 Å². The molecule has 2 unspecified atom stereocenters. The Morgan fingerprint density at radius 3 is 2.26 bits per heavy atom. The highest BCUT2D eigenvalue weighted by molar-refractivity contribution is 6.30.